The van der Waals surface area contributed by atoms with Crippen molar-refractivity contribution in [2.24, 2.45) is 0 Å². The first-order chi connectivity index (χ1) is 11.4. The van der Waals surface area contributed by atoms with Crippen LogP contribution < -0.4 is 10.2 Å². The van der Waals surface area contributed by atoms with Crippen molar-refractivity contribution >= 4 is 33.1 Å². The fourth-order valence-electron chi connectivity index (χ4n) is 2.72. The topological polar surface area (TPSA) is 61.3 Å². The van der Waals surface area contributed by atoms with E-state index in [0.29, 0.717) is 11.7 Å². The van der Waals surface area contributed by atoms with Crippen LogP contribution in [0, 0.1) is 6.92 Å². The molecule has 0 atom stereocenters. The van der Waals surface area contributed by atoms with Gasteiger partial charge in [-0.25, -0.2) is 9.97 Å². The maximum absolute atomic E-state index is 10.4. The van der Waals surface area contributed by atoms with Crippen molar-refractivity contribution in [1.29, 1.82) is 0 Å². The Bertz CT molecular complexity index is 886. The molecule has 5 nitrogen and oxygen atoms in total. The second-order valence-corrected chi connectivity index (χ2v) is 7.22. The normalized spacial score (nSPS) is 11.2. The number of nitrogens with zero attached hydrogens (tertiary/aromatic N) is 3. The van der Waals surface area contributed by atoms with Crippen molar-refractivity contribution in [1.82, 2.24) is 9.97 Å². The van der Waals surface area contributed by atoms with Crippen LogP contribution in [0.5, 0.6) is 5.75 Å². The van der Waals surface area contributed by atoms with Crippen LogP contribution in [0.4, 0.5) is 10.8 Å². The van der Waals surface area contributed by atoms with E-state index in [4.69, 9.17) is 4.98 Å². The zero-order valence-corrected chi connectivity index (χ0v) is 15.4. The lowest BCUT2D eigenvalue weighted by Gasteiger charge is -2.17. The monoisotopic (exact) mass is 342 g/mol. The molecule has 0 aliphatic heterocycles. The van der Waals surface area contributed by atoms with Crippen molar-refractivity contribution < 1.29 is 5.11 Å². The van der Waals surface area contributed by atoms with E-state index in [1.165, 1.54) is 0 Å². The van der Waals surface area contributed by atoms with Crippen molar-refractivity contribution in [2.45, 2.75) is 26.8 Å². The maximum Gasteiger partial charge on any atom is 0.183 e. The van der Waals surface area contributed by atoms with E-state index in [1.54, 1.807) is 17.4 Å². The van der Waals surface area contributed by atoms with E-state index in [-0.39, 0.29) is 5.75 Å². The molecule has 3 aromatic rings. The average Bonchev–Trinajstić information content (AvgIpc) is 2.95. The molecule has 0 aliphatic carbocycles. The van der Waals surface area contributed by atoms with Gasteiger partial charge in [0, 0.05) is 42.7 Å². The minimum Gasteiger partial charge on any atom is -0.507 e. The summed E-state index contributed by atoms with van der Waals surface area (Å²) in [5.41, 5.74) is 4.40. The van der Waals surface area contributed by atoms with Crippen LogP contribution in [0.15, 0.2) is 23.6 Å². The summed E-state index contributed by atoms with van der Waals surface area (Å²) in [5.74, 6) is 0.231. The number of nitrogens with one attached hydrogen (secondary N) is 1. The van der Waals surface area contributed by atoms with Crippen molar-refractivity contribution in [3.63, 3.8) is 0 Å². The minimum atomic E-state index is 0.231. The molecule has 0 fully saturated rings. The molecule has 1 aromatic carbocycles. The molecule has 0 spiro atoms. The van der Waals surface area contributed by atoms with E-state index in [1.807, 2.05) is 43.4 Å². The Kier molecular flexibility index (Phi) is 4.32. The number of thiazole rings is 1. The Balaban J connectivity index is 2.12. The molecule has 0 amide bonds. The zero-order valence-electron chi connectivity index (χ0n) is 14.6. The van der Waals surface area contributed by atoms with Gasteiger partial charge < -0.3 is 15.3 Å². The lowest BCUT2D eigenvalue weighted by atomic mass is 10.1. The number of aromatic nitrogens is 2. The number of hydrogen-bond acceptors (Lipinski definition) is 6. The first-order valence-electron chi connectivity index (χ1n) is 7.90. The molecule has 6 heteroatoms. The summed E-state index contributed by atoms with van der Waals surface area (Å²) in [5, 5.41) is 17.3. The second kappa shape index (κ2) is 6.28. The Morgan fingerprint density at radius 1 is 1.17 bits per heavy atom. The molecular formula is C18H22N4OS. The molecule has 24 heavy (non-hydrogen) atoms. The van der Waals surface area contributed by atoms with E-state index in [9.17, 15) is 5.11 Å². The average molecular weight is 342 g/mol. The largest absolute Gasteiger partial charge is 0.507 e. The summed E-state index contributed by atoms with van der Waals surface area (Å²) in [6.45, 7) is 6.18. The predicted molar refractivity (Wildman–Crippen MR) is 102 cm³/mol. The lowest BCUT2D eigenvalue weighted by molar-refractivity contribution is 0.481. The number of aryl methyl sites for hydroxylation is 1. The van der Waals surface area contributed by atoms with Gasteiger partial charge in [0.05, 0.1) is 11.2 Å². The third-order valence-corrected chi connectivity index (χ3v) is 4.62. The van der Waals surface area contributed by atoms with Crippen molar-refractivity contribution in [3.8, 4) is 17.1 Å². The van der Waals surface area contributed by atoms with Gasteiger partial charge in [0.1, 0.15) is 11.4 Å². The number of rotatable bonds is 4. The van der Waals surface area contributed by atoms with Crippen LogP contribution in [0.3, 0.4) is 0 Å². The summed E-state index contributed by atoms with van der Waals surface area (Å²) in [6, 6.07) is 5.93. The fraction of sp³-hybridized carbons (Fsp3) is 0.333. The predicted octanol–water partition coefficient (Wildman–Crippen LogP) is 4.26. The quantitative estimate of drug-likeness (QED) is 0.742. The van der Waals surface area contributed by atoms with E-state index < -0.39 is 0 Å². The zero-order chi connectivity index (χ0) is 17.4. The van der Waals surface area contributed by atoms with Gasteiger partial charge in [-0.1, -0.05) is 0 Å². The molecule has 0 saturated heterocycles. The summed E-state index contributed by atoms with van der Waals surface area (Å²) in [6.07, 6.45) is 0. The van der Waals surface area contributed by atoms with Crippen LogP contribution in [-0.2, 0) is 0 Å². The molecule has 0 bridgehead atoms. The molecule has 3 rings (SSSR count). The highest BCUT2D eigenvalue weighted by atomic mass is 32.1. The Hall–Kier alpha value is -2.34. The maximum atomic E-state index is 10.4. The molecule has 2 heterocycles. The molecule has 0 saturated carbocycles. The SMILES string of the molecule is Cc1c(N(C)C)ccc2c(O)cc(-c3csc(NC(C)C)n3)nc12. The Morgan fingerprint density at radius 2 is 1.92 bits per heavy atom. The van der Waals surface area contributed by atoms with Gasteiger partial charge in [-0.3, -0.25) is 0 Å². The number of benzene rings is 1. The number of hydrogen-bond donors (Lipinski definition) is 2. The van der Waals surface area contributed by atoms with Gasteiger partial charge in [0.15, 0.2) is 5.13 Å². The molecule has 0 radical (unpaired) electrons. The fourth-order valence-corrected chi connectivity index (χ4v) is 3.57. The number of aromatic hydroxyl groups is 1. The lowest BCUT2D eigenvalue weighted by Crippen LogP contribution is -2.10. The Morgan fingerprint density at radius 3 is 2.58 bits per heavy atom. The van der Waals surface area contributed by atoms with Crippen LogP contribution in [-0.4, -0.2) is 35.2 Å². The summed E-state index contributed by atoms with van der Waals surface area (Å²) in [4.78, 5) is 11.4. The van der Waals surface area contributed by atoms with E-state index in [0.717, 1.165) is 33.0 Å². The van der Waals surface area contributed by atoms with Gasteiger partial charge in [-0.2, -0.15) is 0 Å². The van der Waals surface area contributed by atoms with Gasteiger partial charge in [0.25, 0.3) is 0 Å². The van der Waals surface area contributed by atoms with Crippen LogP contribution in [0.2, 0.25) is 0 Å². The van der Waals surface area contributed by atoms with E-state index >= 15 is 0 Å². The van der Waals surface area contributed by atoms with Gasteiger partial charge in [0.2, 0.25) is 0 Å². The third-order valence-electron chi connectivity index (χ3n) is 3.84. The second-order valence-electron chi connectivity index (χ2n) is 6.36. The third kappa shape index (κ3) is 3.01. The molecule has 0 unspecified atom stereocenters. The first kappa shape index (κ1) is 16.5. The van der Waals surface area contributed by atoms with Gasteiger partial charge in [-0.15, -0.1) is 11.3 Å². The highest BCUT2D eigenvalue weighted by molar-refractivity contribution is 7.14. The standard InChI is InChI=1S/C18H22N4OS/c1-10(2)19-18-21-14(9-24-18)13-8-16(23)12-6-7-15(22(4)5)11(3)17(12)20-13/h6-10H,1-5H3,(H,19,21)(H,20,23). The Labute approximate surface area is 146 Å². The molecule has 2 N–H and O–H groups in total. The first-order valence-corrected chi connectivity index (χ1v) is 8.78. The highest BCUT2D eigenvalue weighted by Crippen LogP contribution is 2.34. The minimum absolute atomic E-state index is 0.231. The van der Waals surface area contributed by atoms with Crippen LogP contribution in [0.1, 0.15) is 19.4 Å². The smallest absolute Gasteiger partial charge is 0.183 e. The number of fused-ring (bicyclic) bond motifs is 1. The summed E-state index contributed by atoms with van der Waals surface area (Å²) in [7, 11) is 4.00. The molecule has 0 aliphatic rings. The van der Waals surface area contributed by atoms with Crippen LogP contribution in [0.25, 0.3) is 22.3 Å². The van der Waals surface area contributed by atoms with Gasteiger partial charge in [-0.05, 0) is 38.5 Å². The van der Waals surface area contributed by atoms with Gasteiger partial charge >= 0.3 is 0 Å². The summed E-state index contributed by atoms with van der Waals surface area (Å²) < 4.78 is 0. The van der Waals surface area contributed by atoms with E-state index in [2.05, 4.69) is 24.1 Å². The molecule has 126 valence electrons. The number of anilines is 2. The molecular weight excluding hydrogens is 320 g/mol. The number of pyridine rings is 1. The highest BCUT2D eigenvalue weighted by Gasteiger charge is 2.14. The summed E-state index contributed by atoms with van der Waals surface area (Å²) >= 11 is 1.54. The molecule has 2 aromatic heterocycles. The van der Waals surface area contributed by atoms with Crippen molar-refractivity contribution in [3.05, 3.63) is 29.1 Å². The van der Waals surface area contributed by atoms with Crippen LogP contribution >= 0.6 is 11.3 Å². The van der Waals surface area contributed by atoms with Crippen molar-refractivity contribution in [2.75, 3.05) is 24.3 Å².